The molecule has 0 saturated carbocycles. The highest BCUT2D eigenvalue weighted by molar-refractivity contribution is 8.01. The minimum Gasteiger partial charge on any atom is -0.495 e. The van der Waals surface area contributed by atoms with E-state index in [9.17, 15) is 4.79 Å². The van der Waals surface area contributed by atoms with Gasteiger partial charge >= 0.3 is 0 Å². The van der Waals surface area contributed by atoms with Gasteiger partial charge in [-0.1, -0.05) is 42.2 Å². The van der Waals surface area contributed by atoms with E-state index in [4.69, 9.17) is 4.74 Å². The number of rotatable bonds is 6. The molecule has 1 aromatic carbocycles. The molecule has 1 amide bonds. The van der Waals surface area contributed by atoms with Crippen LogP contribution in [0.5, 0.6) is 5.75 Å². The van der Waals surface area contributed by atoms with Crippen LogP contribution in [-0.2, 0) is 4.79 Å². The Bertz CT molecular complexity index is 722. The number of piperidine rings is 1. The Balaban J connectivity index is 1.54. The maximum absolute atomic E-state index is 12.3. The molecule has 1 atom stereocenters. The van der Waals surface area contributed by atoms with Gasteiger partial charge in [-0.3, -0.25) is 4.79 Å². The number of hydrogen-bond donors (Lipinski definition) is 1. The highest BCUT2D eigenvalue weighted by Crippen LogP contribution is 2.31. The summed E-state index contributed by atoms with van der Waals surface area (Å²) in [6.07, 6.45) is 2.31. The molecule has 1 fully saturated rings. The first-order valence-electron chi connectivity index (χ1n) is 8.30. The van der Waals surface area contributed by atoms with E-state index < -0.39 is 0 Å². The predicted molar refractivity (Wildman–Crippen MR) is 102 cm³/mol. The summed E-state index contributed by atoms with van der Waals surface area (Å²) in [7, 11) is 1.63. The summed E-state index contributed by atoms with van der Waals surface area (Å²) in [5, 5.41) is 12.2. The van der Waals surface area contributed by atoms with Gasteiger partial charge in [0.25, 0.3) is 0 Å². The summed E-state index contributed by atoms with van der Waals surface area (Å²) in [6, 6.07) is 7.66. The number of benzene rings is 1. The summed E-state index contributed by atoms with van der Waals surface area (Å²) < 4.78 is 6.11. The number of likely N-dealkylation sites (tertiary alicyclic amines) is 1. The van der Waals surface area contributed by atoms with Gasteiger partial charge in [0, 0.05) is 13.1 Å². The summed E-state index contributed by atoms with van der Waals surface area (Å²) in [6.45, 7) is 3.95. The van der Waals surface area contributed by atoms with E-state index in [1.165, 1.54) is 29.5 Å². The lowest BCUT2D eigenvalue weighted by Gasteiger charge is -2.30. The summed E-state index contributed by atoms with van der Waals surface area (Å²) in [5.74, 6) is 1.95. The number of thioether (sulfide) groups is 1. The molecule has 1 saturated heterocycles. The molecule has 134 valence electrons. The van der Waals surface area contributed by atoms with Crippen molar-refractivity contribution in [3.63, 3.8) is 0 Å². The molecule has 0 bridgehead atoms. The van der Waals surface area contributed by atoms with Crippen molar-refractivity contribution >= 4 is 39.8 Å². The molecule has 1 aliphatic heterocycles. The number of para-hydroxylation sites is 2. The smallest absolute Gasteiger partial charge is 0.233 e. The molecule has 0 radical (unpaired) electrons. The van der Waals surface area contributed by atoms with Crippen LogP contribution in [0.1, 0.15) is 19.8 Å². The highest BCUT2D eigenvalue weighted by Gasteiger charge is 2.21. The Morgan fingerprint density at radius 2 is 2.28 bits per heavy atom. The van der Waals surface area contributed by atoms with E-state index in [-0.39, 0.29) is 5.91 Å². The third-order valence-corrected chi connectivity index (χ3v) is 6.04. The fourth-order valence-corrected chi connectivity index (χ4v) is 4.48. The van der Waals surface area contributed by atoms with Gasteiger partial charge in [-0.05, 0) is 30.9 Å². The molecule has 6 nitrogen and oxygen atoms in total. The molecule has 2 heterocycles. The van der Waals surface area contributed by atoms with E-state index in [1.54, 1.807) is 7.11 Å². The highest BCUT2D eigenvalue weighted by atomic mass is 32.2. The second kappa shape index (κ2) is 8.53. The standard InChI is InChI=1S/C17H22N4O2S2/c1-12-6-5-9-21(10-12)15(22)11-24-17-20-19-16(25-17)18-13-7-3-4-8-14(13)23-2/h3-4,7-8,12H,5-6,9-11H2,1-2H3,(H,18,19)/t12-/m1/s1. The van der Waals surface area contributed by atoms with Gasteiger partial charge in [-0.15, -0.1) is 10.2 Å². The Morgan fingerprint density at radius 1 is 1.44 bits per heavy atom. The predicted octanol–water partition coefficient (Wildman–Crippen LogP) is 3.64. The average Bonchev–Trinajstić information content (AvgIpc) is 3.07. The number of carbonyl (C=O) groups is 1. The number of amides is 1. The maximum Gasteiger partial charge on any atom is 0.233 e. The molecule has 0 unspecified atom stereocenters. The van der Waals surface area contributed by atoms with Crippen molar-refractivity contribution < 1.29 is 9.53 Å². The van der Waals surface area contributed by atoms with Gasteiger partial charge in [0.1, 0.15) is 5.75 Å². The summed E-state index contributed by atoms with van der Waals surface area (Å²) >= 11 is 2.89. The molecule has 1 aromatic heterocycles. The van der Waals surface area contributed by atoms with Crippen LogP contribution in [0.25, 0.3) is 0 Å². The second-order valence-electron chi connectivity index (χ2n) is 6.07. The molecular formula is C17H22N4O2S2. The van der Waals surface area contributed by atoms with Gasteiger partial charge in [-0.25, -0.2) is 0 Å². The fraction of sp³-hybridized carbons (Fsp3) is 0.471. The van der Waals surface area contributed by atoms with Gasteiger partial charge in [0.2, 0.25) is 11.0 Å². The van der Waals surface area contributed by atoms with Crippen molar-refractivity contribution in [2.75, 3.05) is 31.3 Å². The van der Waals surface area contributed by atoms with Crippen molar-refractivity contribution in [2.24, 2.45) is 5.92 Å². The molecule has 25 heavy (non-hydrogen) atoms. The number of aromatic nitrogens is 2. The van der Waals surface area contributed by atoms with Gasteiger partial charge in [0.15, 0.2) is 4.34 Å². The number of anilines is 2. The van der Waals surface area contributed by atoms with Gasteiger partial charge in [0.05, 0.1) is 18.6 Å². The summed E-state index contributed by atoms with van der Waals surface area (Å²) in [4.78, 5) is 14.3. The molecule has 1 aliphatic rings. The van der Waals surface area contributed by atoms with Crippen LogP contribution in [0.4, 0.5) is 10.8 Å². The molecule has 8 heteroatoms. The van der Waals surface area contributed by atoms with Crippen molar-refractivity contribution in [1.29, 1.82) is 0 Å². The number of ether oxygens (including phenoxy) is 1. The minimum absolute atomic E-state index is 0.186. The first kappa shape index (κ1) is 18.0. The van der Waals surface area contributed by atoms with Crippen molar-refractivity contribution in [3.05, 3.63) is 24.3 Å². The zero-order valence-electron chi connectivity index (χ0n) is 14.4. The molecular weight excluding hydrogens is 356 g/mol. The van der Waals surface area contributed by atoms with E-state index in [0.717, 1.165) is 35.3 Å². The van der Waals surface area contributed by atoms with Crippen LogP contribution in [-0.4, -0.2) is 47.0 Å². The topological polar surface area (TPSA) is 67.3 Å². The minimum atomic E-state index is 0.186. The zero-order chi connectivity index (χ0) is 17.6. The largest absolute Gasteiger partial charge is 0.495 e. The van der Waals surface area contributed by atoms with E-state index >= 15 is 0 Å². The van der Waals surface area contributed by atoms with Gasteiger partial charge in [-0.2, -0.15) is 0 Å². The van der Waals surface area contributed by atoms with E-state index in [1.807, 2.05) is 29.2 Å². The monoisotopic (exact) mass is 378 g/mol. The number of nitrogens with zero attached hydrogens (tertiary/aromatic N) is 3. The third kappa shape index (κ3) is 4.85. The third-order valence-electron chi connectivity index (χ3n) is 4.08. The first-order chi connectivity index (χ1) is 12.2. The number of nitrogens with one attached hydrogen (secondary N) is 1. The second-order valence-corrected chi connectivity index (χ2v) is 8.27. The Labute approximate surface area is 156 Å². The fourth-order valence-electron chi connectivity index (χ4n) is 2.81. The molecule has 0 spiro atoms. The Kier molecular flexibility index (Phi) is 6.14. The Morgan fingerprint density at radius 3 is 3.08 bits per heavy atom. The number of carbonyl (C=O) groups excluding carboxylic acids is 1. The quantitative estimate of drug-likeness (QED) is 0.774. The SMILES string of the molecule is COc1ccccc1Nc1nnc(SCC(=O)N2CCC[C@@H](C)C2)s1. The molecule has 0 aliphatic carbocycles. The lowest BCUT2D eigenvalue weighted by Crippen LogP contribution is -2.40. The first-order valence-corrected chi connectivity index (χ1v) is 10.1. The van der Waals surface area contributed by atoms with Crippen LogP contribution in [0.3, 0.4) is 0 Å². The normalized spacial score (nSPS) is 17.4. The van der Waals surface area contributed by atoms with Crippen molar-refractivity contribution in [1.82, 2.24) is 15.1 Å². The van der Waals surface area contributed by atoms with Crippen LogP contribution in [0.2, 0.25) is 0 Å². The molecule has 2 aromatic rings. The maximum atomic E-state index is 12.3. The Hall–Kier alpha value is -1.80. The average molecular weight is 379 g/mol. The van der Waals surface area contributed by atoms with Gasteiger partial charge < -0.3 is 15.0 Å². The van der Waals surface area contributed by atoms with E-state index in [2.05, 4.69) is 22.4 Å². The van der Waals surface area contributed by atoms with Crippen molar-refractivity contribution in [3.8, 4) is 5.75 Å². The van der Waals surface area contributed by atoms with Crippen molar-refractivity contribution in [2.45, 2.75) is 24.1 Å². The van der Waals surface area contributed by atoms with Crippen LogP contribution in [0.15, 0.2) is 28.6 Å². The van der Waals surface area contributed by atoms with Crippen LogP contribution in [0, 0.1) is 5.92 Å². The van der Waals surface area contributed by atoms with E-state index in [0.29, 0.717) is 16.8 Å². The zero-order valence-corrected chi connectivity index (χ0v) is 16.0. The van der Waals surface area contributed by atoms with Crippen LogP contribution < -0.4 is 10.1 Å². The number of methoxy groups -OCH3 is 1. The van der Waals surface area contributed by atoms with Crippen LogP contribution >= 0.6 is 23.1 Å². The molecule has 3 rings (SSSR count). The summed E-state index contributed by atoms with van der Waals surface area (Å²) in [5.41, 5.74) is 0.844. The number of hydrogen-bond acceptors (Lipinski definition) is 7. The lowest BCUT2D eigenvalue weighted by molar-refractivity contribution is -0.130. The lowest BCUT2D eigenvalue weighted by atomic mass is 10.0. The molecule has 1 N–H and O–H groups in total.